The van der Waals surface area contributed by atoms with Gasteiger partial charge in [-0.05, 0) is 35.2 Å². The van der Waals surface area contributed by atoms with Gasteiger partial charge >= 0.3 is 0 Å². The third-order valence-electron chi connectivity index (χ3n) is 5.34. The fourth-order valence-corrected chi connectivity index (χ4v) is 3.63. The van der Waals surface area contributed by atoms with Gasteiger partial charge in [0.1, 0.15) is 11.9 Å². The quantitative estimate of drug-likeness (QED) is 0.445. The summed E-state index contributed by atoms with van der Waals surface area (Å²) in [7, 11) is 1.56. The molecule has 3 aromatic rings. The van der Waals surface area contributed by atoms with E-state index in [0.717, 1.165) is 11.1 Å². The van der Waals surface area contributed by atoms with Gasteiger partial charge in [0.2, 0.25) is 11.8 Å². The van der Waals surface area contributed by atoms with Crippen molar-refractivity contribution >= 4 is 11.8 Å². The predicted octanol–water partition coefficient (Wildman–Crippen LogP) is 4.29. The standard InChI is InChI=1S/C27H29FN2O3/c1-33-19-18-29-27(32)26(23-10-6-3-7-11-23)30(20-22-12-15-24(28)16-13-22)25(31)17-14-21-8-4-2-5-9-21/h2-13,15-16,26H,14,17-20H2,1H3,(H,29,32)/t26-/m0/s1. The van der Waals surface area contributed by atoms with E-state index in [2.05, 4.69) is 5.32 Å². The number of amides is 2. The molecule has 0 aromatic heterocycles. The van der Waals surface area contributed by atoms with Gasteiger partial charge in [0, 0.05) is 26.6 Å². The summed E-state index contributed by atoms with van der Waals surface area (Å²) < 4.78 is 18.5. The molecule has 0 aliphatic heterocycles. The Morgan fingerprint density at radius 2 is 1.55 bits per heavy atom. The number of halogens is 1. The van der Waals surface area contributed by atoms with Crippen LogP contribution in [0.4, 0.5) is 4.39 Å². The normalized spacial score (nSPS) is 11.6. The maximum atomic E-state index is 13.5. The van der Waals surface area contributed by atoms with Gasteiger partial charge in [-0.2, -0.15) is 0 Å². The topological polar surface area (TPSA) is 58.6 Å². The van der Waals surface area contributed by atoms with Crippen LogP contribution in [0.1, 0.15) is 29.2 Å². The van der Waals surface area contributed by atoms with Crippen LogP contribution in [-0.4, -0.2) is 37.0 Å². The molecule has 3 aromatic carbocycles. The average Bonchev–Trinajstić information content (AvgIpc) is 2.85. The van der Waals surface area contributed by atoms with Crippen LogP contribution >= 0.6 is 0 Å². The smallest absolute Gasteiger partial charge is 0.247 e. The van der Waals surface area contributed by atoms with Gasteiger partial charge in [0.25, 0.3) is 0 Å². The number of ether oxygens (including phenoxy) is 1. The van der Waals surface area contributed by atoms with Crippen molar-refractivity contribution in [2.75, 3.05) is 20.3 Å². The van der Waals surface area contributed by atoms with Gasteiger partial charge in [-0.25, -0.2) is 4.39 Å². The molecule has 0 aliphatic rings. The van der Waals surface area contributed by atoms with E-state index in [4.69, 9.17) is 4.74 Å². The van der Waals surface area contributed by atoms with Crippen molar-refractivity contribution in [1.29, 1.82) is 0 Å². The lowest BCUT2D eigenvalue weighted by molar-refractivity contribution is -0.141. The molecule has 1 N–H and O–H groups in total. The summed E-state index contributed by atoms with van der Waals surface area (Å²) >= 11 is 0. The average molecular weight is 449 g/mol. The van der Waals surface area contributed by atoms with E-state index < -0.39 is 6.04 Å². The van der Waals surface area contributed by atoms with E-state index in [-0.39, 0.29) is 30.6 Å². The Bertz CT molecular complexity index is 1010. The fourth-order valence-electron chi connectivity index (χ4n) is 3.63. The van der Waals surface area contributed by atoms with Crippen molar-refractivity contribution in [2.24, 2.45) is 0 Å². The van der Waals surface area contributed by atoms with Gasteiger partial charge in [-0.1, -0.05) is 72.8 Å². The SMILES string of the molecule is COCCNC(=O)[C@H](c1ccccc1)N(Cc1ccc(F)cc1)C(=O)CCc1ccccc1. The lowest BCUT2D eigenvalue weighted by Crippen LogP contribution is -2.44. The molecule has 1 atom stereocenters. The van der Waals surface area contributed by atoms with E-state index >= 15 is 0 Å². The Morgan fingerprint density at radius 3 is 2.18 bits per heavy atom. The van der Waals surface area contributed by atoms with Gasteiger partial charge in [-0.3, -0.25) is 9.59 Å². The van der Waals surface area contributed by atoms with E-state index in [1.54, 1.807) is 24.1 Å². The molecule has 0 spiro atoms. The first-order valence-electron chi connectivity index (χ1n) is 11.0. The Balaban J connectivity index is 1.90. The lowest BCUT2D eigenvalue weighted by Gasteiger charge is -2.32. The summed E-state index contributed by atoms with van der Waals surface area (Å²) in [6.07, 6.45) is 0.812. The minimum absolute atomic E-state index is 0.154. The fraction of sp³-hybridized carbons (Fsp3) is 0.259. The minimum atomic E-state index is -0.823. The highest BCUT2D eigenvalue weighted by Gasteiger charge is 2.31. The maximum Gasteiger partial charge on any atom is 0.247 e. The molecule has 0 bridgehead atoms. The van der Waals surface area contributed by atoms with Gasteiger partial charge in [-0.15, -0.1) is 0 Å². The molecule has 0 radical (unpaired) electrons. The highest BCUT2D eigenvalue weighted by molar-refractivity contribution is 5.88. The van der Waals surface area contributed by atoms with Crippen LogP contribution in [0, 0.1) is 5.82 Å². The van der Waals surface area contributed by atoms with Crippen LogP contribution in [-0.2, 0) is 27.3 Å². The largest absolute Gasteiger partial charge is 0.383 e. The summed E-state index contributed by atoms with van der Waals surface area (Å²) in [5.41, 5.74) is 2.51. The second-order valence-corrected chi connectivity index (χ2v) is 7.73. The number of nitrogens with zero attached hydrogens (tertiary/aromatic N) is 1. The Morgan fingerprint density at radius 1 is 0.909 bits per heavy atom. The highest BCUT2D eigenvalue weighted by Crippen LogP contribution is 2.25. The molecule has 0 fully saturated rings. The number of nitrogens with one attached hydrogen (secondary N) is 1. The second-order valence-electron chi connectivity index (χ2n) is 7.73. The summed E-state index contributed by atoms with van der Waals surface area (Å²) in [6.45, 7) is 0.888. The first-order valence-corrected chi connectivity index (χ1v) is 11.0. The van der Waals surface area contributed by atoms with Gasteiger partial charge in [0.15, 0.2) is 0 Å². The number of benzene rings is 3. The summed E-state index contributed by atoms with van der Waals surface area (Å²) in [5, 5.41) is 2.87. The van der Waals surface area contributed by atoms with Crippen LogP contribution in [0.25, 0.3) is 0 Å². The zero-order chi connectivity index (χ0) is 23.5. The van der Waals surface area contributed by atoms with Crippen molar-refractivity contribution in [3.8, 4) is 0 Å². The lowest BCUT2D eigenvalue weighted by atomic mass is 10.0. The third kappa shape index (κ3) is 7.26. The Labute approximate surface area is 194 Å². The van der Waals surface area contributed by atoms with Crippen LogP contribution in [0.5, 0.6) is 0 Å². The molecule has 0 saturated carbocycles. The van der Waals surface area contributed by atoms with Crippen molar-refractivity contribution in [3.05, 3.63) is 107 Å². The molecule has 0 heterocycles. The zero-order valence-electron chi connectivity index (χ0n) is 18.7. The molecule has 5 nitrogen and oxygen atoms in total. The summed E-state index contributed by atoms with van der Waals surface area (Å²) in [5.74, 6) is -0.787. The van der Waals surface area contributed by atoms with Crippen molar-refractivity contribution in [1.82, 2.24) is 10.2 Å². The number of aryl methyl sites for hydroxylation is 1. The number of carbonyl (C=O) groups excluding carboxylic acids is 2. The highest BCUT2D eigenvalue weighted by atomic mass is 19.1. The minimum Gasteiger partial charge on any atom is -0.383 e. The Hall–Kier alpha value is -3.51. The first kappa shape index (κ1) is 24.1. The van der Waals surface area contributed by atoms with Gasteiger partial charge in [0.05, 0.1) is 6.61 Å². The first-order chi connectivity index (χ1) is 16.1. The molecule has 33 heavy (non-hydrogen) atoms. The molecule has 2 amide bonds. The number of carbonyl (C=O) groups is 2. The van der Waals surface area contributed by atoms with Crippen molar-refractivity contribution in [3.63, 3.8) is 0 Å². The van der Waals surface area contributed by atoms with E-state index in [9.17, 15) is 14.0 Å². The number of hydrogen-bond acceptors (Lipinski definition) is 3. The monoisotopic (exact) mass is 448 g/mol. The third-order valence-corrected chi connectivity index (χ3v) is 5.34. The molecular weight excluding hydrogens is 419 g/mol. The molecule has 6 heteroatoms. The number of hydrogen-bond donors (Lipinski definition) is 1. The van der Waals surface area contributed by atoms with Crippen LogP contribution in [0.2, 0.25) is 0 Å². The summed E-state index contributed by atoms with van der Waals surface area (Å²) in [6, 6.07) is 24.1. The molecule has 0 unspecified atom stereocenters. The summed E-state index contributed by atoms with van der Waals surface area (Å²) in [4.78, 5) is 28.3. The molecule has 172 valence electrons. The maximum absolute atomic E-state index is 13.5. The van der Waals surface area contributed by atoms with Crippen LogP contribution in [0.15, 0.2) is 84.9 Å². The number of rotatable bonds is 11. The van der Waals surface area contributed by atoms with Gasteiger partial charge < -0.3 is 15.0 Å². The van der Waals surface area contributed by atoms with Crippen LogP contribution < -0.4 is 5.32 Å². The zero-order valence-corrected chi connectivity index (χ0v) is 18.7. The van der Waals surface area contributed by atoms with E-state index in [1.807, 2.05) is 60.7 Å². The van der Waals surface area contributed by atoms with Crippen molar-refractivity contribution in [2.45, 2.75) is 25.4 Å². The van der Waals surface area contributed by atoms with E-state index in [0.29, 0.717) is 25.1 Å². The van der Waals surface area contributed by atoms with E-state index in [1.165, 1.54) is 12.1 Å². The molecule has 0 aliphatic carbocycles. The Kier molecular flexibility index (Phi) is 9.15. The molecule has 0 saturated heterocycles. The molecular formula is C27H29FN2O3. The second kappa shape index (κ2) is 12.5. The molecule has 3 rings (SSSR count). The number of methoxy groups -OCH3 is 1. The van der Waals surface area contributed by atoms with Crippen LogP contribution in [0.3, 0.4) is 0 Å². The predicted molar refractivity (Wildman–Crippen MR) is 126 cm³/mol. The van der Waals surface area contributed by atoms with Crippen molar-refractivity contribution < 1.29 is 18.7 Å².